The number of halogens is 3. The molecular weight excluding hydrogens is 309 g/mol. The minimum absolute atomic E-state index is 0.0704. The quantitative estimate of drug-likeness (QED) is 0.886. The summed E-state index contributed by atoms with van der Waals surface area (Å²) in [5.74, 6) is -0.560. The van der Waals surface area contributed by atoms with Crippen LogP contribution in [0.5, 0.6) is 5.75 Å². The number of amides is 2. The van der Waals surface area contributed by atoms with Crippen molar-refractivity contribution in [2.75, 3.05) is 7.11 Å². The number of carbonyl (C=O) groups is 1. The predicted molar refractivity (Wildman–Crippen MR) is 80.2 cm³/mol. The third kappa shape index (κ3) is 5.04. The monoisotopic (exact) mass is 330 g/mol. The molecule has 4 nitrogen and oxygen atoms in total. The first-order valence-electron chi connectivity index (χ1n) is 7.63. The van der Waals surface area contributed by atoms with Crippen LogP contribution in [0.15, 0.2) is 24.3 Å². The van der Waals surface area contributed by atoms with Crippen molar-refractivity contribution in [3.05, 3.63) is 29.8 Å². The summed E-state index contributed by atoms with van der Waals surface area (Å²) in [5.41, 5.74) is 0.839. The van der Waals surface area contributed by atoms with Crippen molar-refractivity contribution in [3.63, 3.8) is 0 Å². The highest BCUT2D eigenvalue weighted by Gasteiger charge is 2.41. The van der Waals surface area contributed by atoms with Gasteiger partial charge in [0.1, 0.15) is 5.75 Å². The number of ether oxygens (including phenoxy) is 1. The lowest BCUT2D eigenvalue weighted by atomic mass is 9.86. The summed E-state index contributed by atoms with van der Waals surface area (Å²) >= 11 is 0. The molecule has 1 aliphatic rings. The summed E-state index contributed by atoms with van der Waals surface area (Å²) in [6.45, 7) is 0.299. The maximum Gasteiger partial charge on any atom is 0.391 e. The van der Waals surface area contributed by atoms with E-state index in [2.05, 4.69) is 10.6 Å². The van der Waals surface area contributed by atoms with Crippen molar-refractivity contribution < 1.29 is 22.7 Å². The van der Waals surface area contributed by atoms with Gasteiger partial charge in [-0.3, -0.25) is 0 Å². The van der Waals surface area contributed by atoms with Crippen LogP contribution in [0, 0.1) is 5.92 Å². The molecule has 1 saturated carbocycles. The van der Waals surface area contributed by atoms with Crippen LogP contribution in [-0.2, 0) is 6.54 Å². The lowest BCUT2D eigenvalue weighted by Gasteiger charge is -2.30. The Bertz CT molecular complexity index is 526. The molecule has 1 fully saturated rings. The van der Waals surface area contributed by atoms with E-state index in [-0.39, 0.29) is 24.9 Å². The SMILES string of the molecule is COc1ccccc1CNC(=O)NC1CCC(C(F)(F)F)CC1. The minimum Gasteiger partial charge on any atom is -0.496 e. The van der Waals surface area contributed by atoms with Crippen LogP contribution in [0.1, 0.15) is 31.2 Å². The van der Waals surface area contributed by atoms with Crippen LogP contribution < -0.4 is 15.4 Å². The molecule has 128 valence electrons. The van der Waals surface area contributed by atoms with Crippen molar-refractivity contribution in [2.45, 2.75) is 44.4 Å². The summed E-state index contributed by atoms with van der Waals surface area (Å²) in [7, 11) is 1.55. The Hall–Kier alpha value is -1.92. The Kier molecular flexibility index (Phi) is 5.74. The summed E-state index contributed by atoms with van der Waals surface area (Å²) in [6, 6.07) is 6.75. The van der Waals surface area contributed by atoms with E-state index in [1.54, 1.807) is 13.2 Å². The van der Waals surface area contributed by atoms with E-state index >= 15 is 0 Å². The zero-order chi connectivity index (χ0) is 16.9. The second kappa shape index (κ2) is 7.57. The van der Waals surface area contributed by atoms with Crippen molar-refractivity contribution in [2.24, 2.45) is 5.92 Å². The number of alkyl halides is 3. The van der Waals surface area contributed by atoms with E-state index in [0.29, 0.717) is 25.1 Å². The molecule has 0 bridgehead atoms. The molecular formula is C16H21F3N2O2. The van der Waals surface area contributed by atoms with Gasteiger partial charge in [0.15, 0.2) is 0 Å². The van der Waals surface area contributed by atoms with E-state index < -0.39 is 12.1 Å². The van der Waals surface area contributed by atoms with E-state index in [1.807, 2.05) is 18.2 Å². The fraction of sp³-hybridized carbons (Fsp3) is 0.562. The van der Waals surface area contributed by atoms with Gasteiger partial charge in [-0.1, -0.05) is 18.2 Å². The minimum atomic E-state index is -4.13. The lowest BCUT2D eigenvalue weighted by molar-refractivity contribution is -0.182. The average molecular weight is 330 g/mol. The maximum atomic E-state index is 12.6. The summed E-state index contributed by atoms with van der Waals surface area (Å²) < 4.78 is 43.0. The van der Waals surface area contributed by atoms with E-state index in [0.717, 1.165) is 5.56 Å². The zero-order valence-electron chi connectivity index (χ0n) is 13.0. The first-order valence-corrected chi connectivity index (χ1v) is 7.63. The van der Waals surface area contributed by atoms with Gasteiger partial charge in [0, 0.05) is 18.2 Å². The van der Waals surface area contributed by atoms with Gasteiger partial charge in [0.05, 0.1) is 13.0 Å². The molecule has 0 aromatic heterocycles. The molecule has 23 heavy (non-hydrogen) atoms. The molecule has 1 aromatic rings. The Morgan fingerprint density at radius 2 is 1.87 bits per heavy atom. The van der Waals surface area contributed by atoms with Crippen LogP contribution in [0.4, 0.5) is 18.0 Å². The molecule has 0 aliphatic heterocycles. The second-order valence-electron chi connectivity index (χ2n) is 5.73. The third-order valence-electron chi connectivity index (χ3n) is 4.16. The van der Waals surface area contributed by atoms with Gasteiger partial charge in [-0.15, -0.1) is 0 Å². The third-order valence-corrected chi connectivity index (χ3v) is 4.16. The fourth-order valence-electron chi connectivity index (χ4n) is 2.83. The van der Waals surface area contributed by atoms with Gasteiger partial charge in [-0.25, -0.2) is 4.79 Å². The second-order valence-corrected chi connectivity index (χ2v) is 5.73. The van der Waals surface area contributed by atoms with Crippen LogP contribution in [0.2, 0.25) is 0 Å². The molecule has 0 radical (unpaired) electrons. The zero-order valence-corrected chi connectivity index (χ0v) is 13.0. The van der Waals surface area contributed by atoms with Crippen molar-refractivity contribution in [3.8, 4) is 5.75 Å². The highest BCUT2D eigenvalue weighted by Crippen LogP contribution is 2.37. The highest BCUT2D eigenvalue weighted by atomic mass is 19.4. The first kappa shape index (κ1) is 17.4. The van der Waals surface area contributed by atoms with Crippen LogP contribution in [-0.4, -0.2) is 25.4 Å². The highest BCUT2D eigenvalue weighted by molar-refractivity contribution is 5.74. The number of rotatable bonds is 4. The number of nitrogens with one attached hydrogen (secondary N) is 2. The molecule has 0 spiro atoms. The van der Waals surface area contributed by atoms with Gasteiger partial charge in [0.25, 0.3) is 0 Å². The number of hydrogen-bond donors (Lipinski definition) is 2. The molecule has 0 unspecified atom stereocenters. The van der Waals surface area contributed by atoms with Gasteiger partial charge in [-0.2, -0.15) is 13.2 Å². The molecule has 2 N–H and O–H groups in total. The van der Waals surface area contributed by atoms with Crippen LogP contribution in [0.25, 0.3) is 0 Å². The largest absolute Gasteiger partial charge is 0.496 e. The molecule has 2 rings (SSSR count). The number of benzene rings is 1. The van der Waals surface area contributed by atoms with Crippen LogP contribution >= 0.6 is 0 Å². The number of para-hydroxylation sites is 1. The van der Waals surface area contributed by atoms with Gasteiger partial charge >= 0.3 is 12.2 Å². The summed E-state index contributed by atoms with van der Waals surface area (Å²) in [6.07, 6.45) is -3.28. The molecule has 1 aromatic carbocycles. The Balaban J connectivity index is 1.76. The fourth-order valence-corrected chi connectivity index (χ4v) is 2.83. The van der Waals surface area contributed by atoms with Gasteiger partial charge in [0.2, 0.25) is 0 Å². The number of carbonyl (C=O) groups excluding carboxylic acids is 1. The van der Waals surface area contributed by atoms with E-state index in [1.165, 1.54) is 0 Å². The smallest absolute Gasteiger partial charge is 0.391 e. The normalized spacial score (nSPS) is 21.6. The van der Waals surface area contributed by atoms with Crippen molar-refractivity contribution >= 4 is 6.03 Å². The molecule has 1 aliphatic carbocycles. The van der Waals surface area contributed by atoms with E-state index in [4.69, 9.17) is 4.74 Å². The Morgan fingerprint density at radius 1 is 1.22 bits per heavy atom. The first-order chi connectivity index (χ1) is 10.9. The van der Waals surface area contributed by atoms with Gasteiger partial charge < -0.3 is 15.4 Å². The summed E-state index contributed by atoms with van der Waals surface area (Å²) in [5, 5.41) is 5.45. The average Bonchev–Trinajstić information content (AvgIpc) is 2.53. The molecule has 0 heterocycles. The lowest BCUT2D eigenvalue weighted by Crippen LogP contribution is -2.44. The molecule has 0 saturated heterocycles. The standard InChI is InChI=1S/C16H21F3N2O2/c1-23-14-5-3-2-4-11(14)10-20-15(22)21-13-8-6-12(7-9-13)16(17,18)19/h2-5,12-13H,6-10H2,1H3,(H2,20,21,22). The van der Waals surface area contributed by atoms with E-state index in [9.17, 15) is 18.0 Å². The molecule has 0 atom stereocenters. The maximum absolute atomic E-state index is 12.6. The topological polar surface area (TPSA) is 50.4 Å². The van der Waals surface area contributed by atoms with Crippen LogP contribution in [0.3, 0.4) is 0 Å². The Morgan fingerprint density at radius 3 is 2.48 bits per heavy atom. The number of methoxy groups -OCH3 is 1. The predicted octanol–water partition coefficient (Wildman–Crippen LogP) is 3.62. The molecule has 2 amide bonds. The Labute approximate surface area is 133 Å². The summed E-state index contributed by atoms with van der Waals surface area (Å²) in [4.78, 5) is 11.9. The van der Waals surface area contributed by atoms with Gasteiger partial charge in [-0.05, 0) is 31.7 Å². The van der Waals surface area contributed by atoms with Crippen molar-refractivity contribution in [1.29, 1.82) is 0 Å². The van der Waals surface area contributed by atoms with Crippen molar-refractivity contribution in [1.82, 2.24) is 10.6 Å². The number of urea groups is 1. The number of hydrogen-bond acceptors (Lipinski definition) is 2. The molecule has 7 heteroatoms.